The van der Waals surface area contributed by atoms with Gasteiger partial charge < -0.3 is 9.64 Å². The summed E-state index contributed by atoms with van der Waals surface area (Å²) in [5.74, 6) is 1.74. The summed E-state index contributed by atoms with van der Waals surface area (Å²) < 4.78 is 5.02. The van der Waals surface area contributed by atoms with Crippen LogP contribution >= 0.6 is 0 Å². The molecule has 0 spiro atoms. The molecular weight excluding hydrogens is 404 g/mol. The van der Waals surface area contributed by atoms with E-state index in [1.54, 1.807) is 7.11 Å². The molecule has 0 bridgehead atoms. The molecule has 7 heteroatoms. The molecule has 32 heavy (non-hydrogen) atoms. The normalized spacial score (nSPS) is 18.6. The molecule has 4 rings (SSSR count). The van der Waals surface area contributed by atoms with Crippen molar-refractivity contribution in [3.8, 4) is 0 Å². The van der Waals surface area contributed by atoms with Crippen LogP contribution in [0.25, 0.3) is 0 Å². The minimum atomic E-state index is 0.00426. The fraction of sp³-hybridized carbons (Fsp3) is 0.520. The van der Waals surface area contributed by atoms with Crippen molar-refractivity contribution in [1.29, 1.82) is 0 Å². The maximum Gasteiger partial charge on any atom is 0.248 e. The molecule has 1 saturated heterocycles. The third-order valence-corrected chi connectivity index (χ3v) is 6.45. The molecule has 3 heterocycles. The van der Waals surface area contributed by atoms with Crippen molar-refractivity contribution in [3.05, 3.63) is 53.0 Å². The summed E-state index contributed by atoms with van der Waals surface area (Å²) in [4.78, 5) is 38.6. The van der Waals surface area contributed by atoms with Crippen LogP contribution in [0.3, 0.4) is 0 Å². The van der Waals surface area contributed by atoms with Crippen molar-refractivity contribution in [2.45, 2.75) is 51.4 Å². The second kappa shape index (κ2) is 10.2. The van der Waals surface area contributed by atoms with Gasteiger partial charge in [-0.2, -0.15) is 0 Å². The first-order valence-corrected chi connectivity index (χ1v) is 11.5. The van der Waals surface area contributed by atoms with Gasteiger partial charge in [-0.05, 0) is 44.6 Å². The molecule has 2 aliphatic rings. The molecule has 0 saturated carbocycles. The molecule has 0 radical (unpaired) electrons. The number of likely N-dealkylation sites (tertiary alicyclic amines) is 1. The van der Waals surface area contributed by atoms with Gasteiger partial charge >= 0.3 is 0 Å². The molecular formula is C25H32N4O3. The summed E-state index contributed by atoms with van der Waals surface area (Å²) in [7, 11) is 1.54. The molecule has 7 nitrogen and oxygen atoms in total. The number of methoxy groups -OCH3 is 1. The lowest BCUT2D eigenvalue weighted by atomic mass is 9.95. The topological polar surface area (TPSA) is 75.6 Å². The van der Waals surface area contributed by atoms with Gasteiger partial charge in [-0.15, -0.1) is 0 Å². The van der Waals surface area contributed by atoms with E-state index in [0.717, 1.165) is 55.1 Å². The van der Waals surface area contributed by atoms with Crippen molar-refractivity contribution in [2.75, 3.05) is 38.3 Å². The van der Waals surface area contributed by atoms with Gasteiger partial charge in [0.05, 0.1) is 0 Å². The Morgan fingerprint density at radius 3 is 2.78 bits per heavy atom. The second-order valence-corrected chi connectivity index (χ2v) is 8.72. The number of carbonyl (C=O) groups is 2. The number of aryl methyl sites for hydroxylation is 2. The maximum absolute atomic E-state index is 12.8. The number of amides is 2. The van der Waals surface area contributed by atoms with E-state index in [9.17, 15) is 9.59 Å². The average Bonchev–Trinajstić information content (AvgIpc) is 2.81. The first-order chi connectivity index (χ1) is 15.6. The summed E-state index contributed by atoms with van der Waals surface area (Å²) >= 11 is 0. The minimum absolute atomic E-state index is 0.00426. The number of hydrogen-bond acceptors (Lipinski definition) is 5. The standard InChI is InChI=1S/C25H32N4O3/c1-18-21-12-13-22(30)29(15-6-10-19-8-4-3-5-9-19)25(21)27-24(26-18)20-11-7-14-28(16-20)23(31)17-32-2/h3-5,8-9,20H,6-7,10-17H2,1-2H3. The molecule has 2 amide bonds. The second-order valence-electron chi connectivity index (χ2n) is 8.72. The zero-order chi connectivity index (χ0) is 22.5. The Bertz CT molecular complexity index is 963. The van der Waals surface area contributed by atoms with Crippen LogP contribution < -0.4 is 4.90 Å². The third kappa shape index (κ3) is 4.99. The number of carbonyl (C=O) groups excluding carboxylic acids is 2. The zero-order valence-corrected chi connectivity index (χ0v) is 19.0. The van der Waals surface area contributed by atoms with Crippen LogP contribution in [0, 0.1) is 6.92 Å². The van der Waals surface area contributed by atoms with E-state index in [0.29, 0.717) is 25.9 Å². The van der Waals surface area contributed by atoms with Gasteiger partial charge in [0.15, 0.2) is 0 Å². The van der Waals surface area contributed by atoms with Gasteiger partial charge in [0, 0.05) is 50.3 Å². The Balaban J connectivity index is 1.52. The van der Waals surface area contributed by atoms with E-state index in [1.807, 2.05) is 34.9 Å². The highest BCUT2D eigenvalue weighted by Crippen LogP contribution is 2.32. The number of ether oxygens (including phenoxy) is 1. The van der Waals surface area contributed by atoms with E-state index in [1.165, 1.54) is 5.56 Å². The van der Waals surface area contributed by atoms with E-state index in [4.69, 9.17) is 14.7 Å². The average molecular weight is 437 g/mol. The lowest BCUT2D eigenvalue weighted by Crippen LogP contribution is -2.42. The van der Waals surface area contributed by atoms with E-state index in [2.05, 4.69) is 12.1 Å². The summed E-state index contributed by atoms with van der Waals surface area (Å²) in [6.07, 6.45) is 4.87. The molecule has 1 fully saturated rings. The SMILES string of the molecule is COCC(=O)N1CCCC(c2nc(C)c3c(n2)N(CCCc2ccccc2)C(=O)CC3)C1. The van der Waals surface area contributed by atoms with Crippen molar-refractivity contribution in [1.82, 2.24) is 14.9 Å². The van der Waals surface area contributed by atoms with E-state index < -0.39 is 0 Å². The van der Waals surface area contributed by atoms with Gasteiger partial charge in [-0.1, -0.05) is 30.3 Å². The fourth-order valence-electron chi connectivity index (χ4n) is 4.73. The number of hydrogen-bond donors (Lipinski definition) is 0. The Morgan fingerprint density at radius 2 is 2.00 bits per heavy atom. The van der Waals surface area contributed by atoms with Gasteiger partial charge in [0.1, 0.15) is 18.2 Å². The molecule has 1 unspecified atom stereocenters. The molecule has 1 aromatic heterocycles. The smallest absolute Gasteiger partial charge is 0.248 e. The first-order valence-electron chi connectivity index (χ1n) is 11.5. The highest BCUT2D eigenvalue weighted by molar-refractivity contribution is 5.95. The number of benzene rings is 1. The Hall–Kier alpha value is -2.80. The number of aromatic nitrogens is 2. The fourth-order valence-corrected chi connectivity index (χ4v) is 4.73. The highest BCUT2D eigenvalue weighted by Gasteiger charge is 2.31. The molecule has 1 aromatic carbocycles. The summed E-state index contributed by atoms with van der Waals surface area (Å²) in [5, 5.41) is 0. The maximum atomic E-state index is 12.8. The molecule has 0 aliphatic carbocycles. The summed E-state index contributed by atoms with van der Waals surface area (Å²) in [5.41, 5.74) is 3.31. The number of fused-ring (bicyclic) bond motifs is 1. The van der Waals surface area contributed by atoms with Crippen molar-refractivity contribution in [2.24, 2.45) is 0 Å². The number of piperidine rings is 1. The molecule has 1 atom stereocenters. The number of anilines is 1. The van der Waals surface area contributed by atoms with Gasteiger partial charge in [-0.25, -0.2) is 9.97 Å². The lowest BCUT2D eigenvalue weighted by Gasteiger charge is -2.34. The predicted octanol–water partition coefficient (Wildman–Crippen LogP) is 3.05. The van der Waals surface area contributed by atoms with Gasteiger partial charge in [0.2, 0.25) is 11.8 Å². The van der Waals surface area contributed by atoms with Gasteiger partial charge in [-0.3, -0.25) is 14.5 Å². The molecule has 2 aliphatic heterocycles. The highest BCUT2D eigenvalue weighted by atomic mass is 16.5. The number of rotatable bonds is 7. The van der Waals surface area contributed by atoms with Crippen LogP contribution in [0.4, 0.5) is 5.82 Å². The summed E-state index contributed by atoms with van der Waals surface area (Å²) in [6, 6.07) is 10.4. The van der Waals surface area contributed by atoms with Crippen LogP contribution in [0.15, 0.2) is 30.3 Å². The predicted molar refractivity (Wildman–Crippen MR) is 123 cm³/mol. The number of nitrogens with zero attached hydrogens (tertiary/aromatic N) is 4. The molecule has 0 N–H and O–H groups in total. The largest absolute Gasteiger partial charge is 0.375 e. The Labute approximate surface area is 189 Å². The zero-order valence-electron chi connectivity index (χ0n) is 19.0. The molecule has 170 valence electrons. The van der Waals surface area contributed by atoms with E-state index >= 15 is 0 Å². The summed E-state index contributed by atoms with van der Waals surface area (Å²) in [6.45, 7) is 4.11. The van der Waals surface area contributed by atoms with Crippen molar-refractivity contribution in [3.63, 3.8) is 0 Å². The monoisotopic (exact) mass is 436 g/mol. The van der Waals surface area contributed by atoms with E-state index in [-0.39, 0.29) is 24.3 Å². The Kier molecular flexibility index (Phi) is 7.15. The third-order valence-electron chi connectivity index (χ3n) is 6.45. The van der Waals surface area contributed by atoms with Crippen LogP contribution in [0.2, 0.25) is 0 Å². The molecule has 2 aromatic rings. The van der Waals surface area contributed by atoms with Crippen LogP contribution in [-0.2, 0) is 27.2 Å². The van der Waals surface area contributed by atoms with Crippen LogP contribution in [0.5, 0.6) is 0 Å². The minimum Gasteiger partial charge on any atom is -0.375 e. The quantitative estimate of drug-likeness (QED) is 0.667. The van der Waals surface area contributed by atoms with Crippen molar-refractivity contribution >= 4 is 17.6 Å². The van der Waals surface area contributed by atoms with Crippen molar-refractivity contribution < 1.29 is 14.3 Å². The van der Waals surface area contributed by atoms with Gasteiger partial charge in [0.25, 0.3) is 0 Å². The van der Waals surface area contributed by atoms with Crippen LogP contribution in [0.1, 0.15) is 54.2 Å². The lowest BCUT2D eigenvalue weighted by molar-refractivity contribution is -0.136. The van der Waals surface area contributed by atoms with Crippen LogP contribution in [-0.4, -0.2) is 60.0 Å². The Morgan fingerprint density at radius 1 is 1.19 bits per heavy atom. The first kappa shape index (κ1) is 22.4.